The summed E-state index contributed by atoms with van der Waals surface area (Å²) in [5.74, 6) is 0. The molecule has 0 fully saturated rings. The third-order valence-corrected chi connectivity index (χ3v) is 2.51. The van der Waals surface area contributed by atoms with Gasteiger partial charge < -0.3 is 14.5 Å². The summed E-state index contributed by atoms with van der Waals surface area (Å²) >= 11 is 0. The van der Waals surface area contributed by atoms with Crippen LogP contribution in [0.2, 0.25) is 0 Å². The van der Waals surface area contributed by atoms with E-state index in [1.807, 2.05) is 126 Å². The van der Waals surface area contributed by atoms with Crippen molar-refractivity contribution in [1.82, 2.24) is 9.80 Å². The molecular weight excluding hydrogens is 505 g/mol. The smallest absolute Gasteiger partial charge is 0.197 e. The molecule has 0 rings (SSSR count). The number of nitrogens with zero attached hydrogens (tertiary/aromatic N) is 6. The maximum Gasteiger partial charge on any atom is 0.197 e. The predicted molar refractivity (Wildman–Crippen MR) is 153 cm³/mol. The van der Waals surface area contributed by atoms with Gasteiger partial charge in [0, 0.05) is 94.3 Å². The fraction of sp³-hybridized carbons (Fsp3) is 0.840. The molecule has 0 saturated heterocycles. The largest absolute Gasteiger partial charge is 0.388 e. The van der Waals surface area contributed by atoms with Gasteiger partial charge in [-0.15, -0.1) is 0 Å². The van der Waals surface area contributed by atoms with E-state index in [0.717, 1.165) is 16.2 Å². The van der Waals surface area contributed by atoms with Crippen molar-refractivity contribution in [3.8, 4) is 0 Å². The summed E-state index contributed by atoms with van der Waals surface area (Å²) in [5, 5.41) is 8.43. The van der Waals surface area contributed by atoms with Crippen molar-refractivity contribution in [3.63, 3.8) is 0 Å². The van der Waals surface area contributed by atoms with Crippen molar-refractivity contribution in [2.24, 2.45) is 4.99 Å². The second kappa shape index (κ2) is 45.9. The fourth-order valence-electron chi connectivity index (χ4n) is 0. The Morgan fingerprint density at radius 3 is 0.853 bits per heavy atom. The Hall–Kier alpha value is -0.536. The standard InChI is InChI=1S/C5H12N.C4H10NO.C4H10N.C4H9N.2C3H9N.C2H6O.Y/c1-5(2)6(3)4;1-4(2)5(3)6;1-4-5(2)3;1-4(2)5-3;2*1-4(2)3;1-3-2;/h1-4H3;6H,1-3H3;4H,1-3H3;1-3H3;2*1-3H3;1-2H3;/q3*+1;;;;;. The van der Waals surface area contributed by atoms with Gasteiger partial charge in [0.2, 0.25) is 0 Å². The average molecular weight is 571 g/mol. The number of rotatable bonds is 0. The topological polar surface area (TPSA) is 57.3 Å². The van der Waals surface area contributed by atoms with Crippen molar-refractivity contribution in [2.75, 3.05) is 98.8 Å². The molecule has 0 aromatic carbocycles. The van der Waals surface area contributed by atoms with Gasteiger partial charge in [-0.3, -0.25) is 10.2 Å². The maximum atomic E-state index is 8.43. The van der Waals surface area contributed by atoms with E-state index < -0.39 is 0 Å². The summed E-state index contributed by atoms with van der Waals surface area (Å²) in [6.45, 7) is 13.8. The average Bonchev–Trinajstić information content (AvgIpc) is 2.62. The van der Waals surface area contributed by atoms with Gasteiger partial charge in [-0.25, -0.2) is 9.15 Å². The molecule has 9 heteroatoms. The van der Waals surface area contributed by atoms with Crippen molar-refractivity contribution >= 4 is 23.3 Å². The molecule has 0 bridgehead atoms. The van der Waals surface area contributed by atoms with Gasteiger partial charge in [-0.1, -0.05) is 0 Å². The quantitative estimate of drug-likeness (QED) is 0.210. The molecular formula is C25H65N6O2Y+3. The Morgan fingerprint density at radius 2 is 0.853 bits per heavy atom. The third kappa shape index (κ3) is 222. The van der Waals surface area contributed by atoms with Crippen LogP contribution in [0.4, 0.5) is 0 Å². The zero-order chi connectivity index (χ0) is 28.7. The SMILES string of the molecule is CC(C)=[N+](C)C.CC(C)=[N+](C)O.CC=[N+](C)C.CN(C)C.CN(C)C.CN=C(C)C.COC.[Y]. The minimum absolute atomic E-state index is 0. The molecule has 0 aromatic heterocycles. The van der Waals surface area contributed by atoms with Gasteiger partial charge in [0.05, 0.1) is 0 Å². The van der Waals surface area contributed by atoms with Gasteiger partial charge in [0.25, 0.3) is 0 Å². The number of ether oxygens (including phenoxy) is 1. The molecule has 0 unspecified atom stereocenters. The van der Waals surface area contributed by atoms with E-state index >= 15 is 0 Å². The van der Waals surface area contributed by atoms with Gasteiger partial charge in [0.15, 0.2) is 12.8 Å². The molecule has 0 heterocycles. The molecule has 0 aliphatic rings. The minimum Gasteiger partial charge on any atom is -0.388 e. The molecule has 0 saturated carbocycles. The van der Waals surface area contributed by atoms with E-state index in [9.17, 15) is 0 Å². The predicted octanol–water partition coefficient (Wildman–Crippen LogP) is 3.30. The summed E-state index contributed by atoms with van der Waals surface area (Å²) in [4.78, 5) is 7.81. The number of hydroxylamine groups is 1. The Bertz CT molecular complexity index is 408. The van der Waals surface area contributed by atoms with Crippen LogP contribution in [0, 0.1) is 0 Å². The maximum absolute atomic E-state index is 8.43. The number of methoxy groups -OCH3 is 1. The Morgan fingerprint density at radius 1 is 0.735 bits per heavy atom. The Balaban J connectivity index is -0.0000000389. The van der Waals surface area contributed by atoms with E-state index in [2.05, 4.69) is 28.2 Å². The summed E-state index contributed by atoms with van der Waals surface area (Å²) in [5.41, 5.74) is 3.37. The minimum atomic E-state index is 0. The molecule has 0 aromatic rings. The van der Waals surface area contributed by atoms with Crippen LogP contribution in [0.3, 0.4) is 0 Å². The van der Waals surface area contributed by atoms with Gasteiger partial charge in [-0.2, -0.15) is 0 Å². The van der Waals surface area contributed by atoms with Crippen LogP contribution in [0.1, 0.15) is 48.5 Å². The Labute approximate surface area is 241 Å². The van der Waals surface area contributed by atoms with Crippen LogP contribution in [0.25, 0.3) is 0 Å². The van der Waals surface area contributed by atoms with E-state index in [4.69, 9.17) is 5.21 Å². The molecule has 8 nitrogen and oxygen atoms in total. The normalized spacial score (nSPS) is 7.50. The van der Waals surface area contributed by atoms with Gasteiger partial charge in [0.1, 0.15) is 40.1 Å². The number of hydrogen-bond acceptors (Lipinski definition) is 5. The van der Waals surface area contributed by atoms with Gasteiger partial charge in [-0.05, 0) is 60.9 Å². The number of hydrogen-bond donors (Lipinski definition) is 1. The molecule has 0 atom stereocenters. The third-order valence-electron chi connectivity index (χ3n) is 2.51. The summed E-state index contributed by atoms with van der Waals surface area (Å²) in [6.07, 6.45) is 2.00. The fourth-order valence-corrected chi connectivity index (χ4v) is 0. The van der Waals surface area contributed by atoms with Crippen molar-refractivity contribution in [3.05, 3.63) is 0 Å². The zero-order valence-corrected chi connectivity index (χ0v) is 30.0. The zero-order valence-electron chi connectivity index (χ0n) is 27.2. The van der Waals surface area contributed by atoms with Crippen LogP contribution in [-0.4, -0.2) is 151 Å². The van der Waals surface area contributed by atoms with Crippen LogP contribution >= 0.6 is 0 Å². The van der Waals surface area contributed by atoms with Crippen LogP contribution in [-0.2, 0) is 37.4 Å². The number of aliphatic imine (C=N–C) groups is 1. The van der Waals surface area contributed by atoms with E-state index in [0.29, 0.717) is 0 Å². The van der Waals surface area contributed by atoms with E-state index in [1.54, 1.807) is 28.3 Å². The van der Waals surface area contributed by atoms with Crippen molar-refractivity contribution in [1.29, 1.82) is 0 Å². The Kier molecular flexibility index (Phi) is 73.4. The molecule has 0 spiro atoms. The molecule has 0 aliphatic heterocycles. The summed E-state index contributed by atoms with van der Waals surface area (Å²) < 4.78 is 9.42. The van der Waals surface area contributed by atoms with E-state index in [-0.39, 0.29) is 32.7 Å². The first-order valence-electron chi connectivity index (χ1n) is 10.9. The van der Waals surface area contributed by atoms with Crippen LogP contribution in [0.5, 0.6) is 0 Å². The molecule has 0 aliphatic carbocycles. The van der Waals surface area contributed by atoms with E-state index in [1.165, 1.54) is 5.71 Å². The van der Waals surface area contributed by atoms with Crippen LogP contribution < -0.4 is 0 Å². The second-order valence-electron chi connectivity index (χ2n) is 8.80. The molecule has 207 valence electrons. The first-order chi connectivity index (χ1) is 14.7. The van der Waals surface area contributed by atoms with Crippen molar-refractivity contribution in [2.45, 2.75) is 48.5 Å². The molecule has 1 radical (unpaired) electrons. The van der Waals surface area contributed by atoms with Crippen molar-refractivity contribution < 1.29 is 56.5 Å². The first kappa shape index (κ1) is 54.4. The van der Waals surface area contributed by atoms with Gasteiger partial charge >= 0.3 is 0 Å². The molecule has 1 N–H and O–H groups in total. The molecule has 0 amide bonds. The monoisotopic (exact) mass is 570 g/mol. The first-order valence-corrected chi connectivity index (χ1v) is 10.9. The van der Waals surface area contributed by atoms with Crippen LogP contribution in [0.15, 0.2) is 4.99 Å². The molecule has 34 heavy (non-hydrogen) atoms. The summed E-state index contributed by atoms with van der Waals surface area (Å²) in [6, 6.07) is 0. The summed E-state index contributed by atoms with van der Waals surface area (Å²) in [7, 11) is 26.7. The second-order valence-corrected chi connectivity index (χ2v) is 8.80.